The number of carbonyl (C=O) groups excluding carboxylic acids is 14. The molecule has 0 heterocycles. The lowest BCUT2D eigenvalue weighted by Crippen LogP contribution is -2.62. The number of hydrogen-bond acceptors (Lipinski definition) is 23. The van der Waals surface area contributed by atoms with Crippen LogP contribution in [0.3, 0.4) is 0 Å². The molecule has 5 rings (SSSR count). The molecule has 26 N–H and O–H groups in total. The smallest absolute Gasteiger partial charge is 0.326 e. The van der Waals surface area contributed by atoms with Crippen LogP contribution in [0, 0.1) is 11.8 Å². The van der Waals surface area contributed by atoms with Crippen molar-refractivity contribution < 1.29 is 132 Å². The van der Waals surface area contributed by atoms with Gasteiger partial charge in [-0.2, -0.15) is 0 Å². The van der Waals surface area contributed by atoms with Gasteiger partial charge in [0.05, 0.1) is 25.3 Å². The monoisotopic (exact) mass is 1840 g/mol. The van der Waals surface area contributed by atoms with Crippen molar-refractivity contribution in [1.82, 2.24) is 69.1 Å². The summed E-state index contributed by atoms with van der Waals surface area (Å²) in [6, 6.07) is 14.7. The summed E-state index contributed by atoms with van der Waals surface area (Å²) >= 11 is 0. The zero-order chi connectivity index (χ0) is 97.8. The number of unbranched alkanes of at least 4 members (excludes halogenated alkanes) is 1. The van der Waals surface area contributed by atoms with Gasteiger partial charge in [-0.05, 0) is 103 Å². The van der Waals surface area contributed by atoms with Crippen LogP contribution < -0.4 is 86.3 Å². The maximum atomic E-state index is 15.2. The minimum absolute atomic E-state index is 0.00739. The summed E-state index contributed by atoms with van der Waals surface area (Å²) < 4.78 is 0. The van der Waals surface area contributed by atoms with Crippen molar-refractivity contribution in [2.24, 2.45) is 29.0 Å². The van der Waals surface area contributed by atoms with Crippen molar-refractivity contribution in [3.8, 4) is 5.75 Å². The maximum absolute atomic E-state index is 15.2. The van der Waals surface area contributed by atoms with E-state index in [0.717, 1.165) is 5.56 Å². The van der Waals surface area contributed by atoms with Crippen molar-refractivity contribution in [1.29, 1.82) is 0 Å². The van der Waals surface area contributed by atoms with Gasteiger partial charge in [0, 0.05) is 44.9 Å². The Kier molecular flexibility index (Phi) is 45.0. The maximum Gasteiger partial charge on any atom is 0.326 e. The van der Waals surface area contributed by atoms with E-state index in [1.807, 2.05) is 5.32 Å². The number of benzene rings is 5. The number of nitrogens with two attached hydrogens (primary N) is 3. The number of carboxylic acids is 6. The van der Waals surface area contributed by atoms with Gasteiger partial charge in [0.1, 0.15) is 84.3 Å². The van der Waals surface area contributed by atoms with Crippen LogP contribution in [0.2, 0.25) is 0 Å². The standard InChI is InChI=1S/C89H116N16O27/c1-5-49(4)75(105-86(128)63(44-54-29-31-55(106)32-30-54)97-76(118)56(91)40-50-20-10-6-11-21-50)88(130)102-62(42-52-24-14-8-15-25-52)81(123)98-64(43-53-26-16-9-17-27-53)85(127)104-74(48(2)3)87(129)101-61(41-51-22-12-7-13-23-51)82(124)100-65(45-71(112)113)83(125)96-58(33-36-68(92)107)78(120)93-57(28-18-19-39-90)77(119)94-59(34-37-69(108)109)79(121)95-60(35-38-70(110)111)80(122)99-66(46-72(114)115)84(126)103-67(89(131)132)47-73(116)117/h6-17,20-27,29-32,48-49,56-67,74-75,106H,5,18-19,28,33-47,90-91H2,1-4H3,(H2,92,107)(H,93,120)(H,94,119)(H,95,121)(H,96,125)(H,97,118)(H,98,123)(H,99,122)(H,100,124)(H,101,129)(H,102,130)(H,103,126)(H,104,127)(H,105,128)(H,108,109)(H,110,111)(H,112,113)(H,114,115)(H,116,117)(H,131,132)/t49-,56-,57-,58-,59-,60-,61-,62-,63-,64-,65-,66-,67-,74-,75-/m0/s1. The molecule has 0 saturated heterocycles. The lowest BCUT2D eigenvalue weighted by atomic mass is 9.96. The first-order valence-corrected chi connectivity index (χ1v) is 42.5. The second-order valence-corrected chi connectivity index (χ2v) is 31.8. The molecule has 0 aromatic heterocycles. The van der Waals surface area contributed by atoms with E-state index < -0.39 is 279 Å². The summed E-state index contributed by atoms with van der Waals surface area (Å²) in [5.41, 5.74) is 20.3. The normalized spacial score (nSPS) is 14.4. The van der Waals surface area contributed by atoms with Crippen molar-refractivity contribution in [2.75, 3.05) is 6.54 Å². The minimum Gasteiger partial charge on any atom is -0.508 e. The highest BCUT2D eigenvalue weighted by Gasteiger charge is 2.41. The van der Waals surface area contributed by atoms with Crippen LogP contribution in [0.25, 0.3) is 0 Å². The van der Waals surface area contributed by atoms with Crippen LogP contribution >= 0.6 is 0 Å². The number of hydrogen-bond donors (Lipinski definition) is 23. The SMILES string of the molecule is CC[C@H](C)[C@H](NC(=O)[C@H](Cc1ccc(O)cc1)NC(=O)[C@@H](N)Cc1ccccc1)C(=O)N[C@@H](Cc1ccccc1)C(=O)N[C@@H](Cc1ccccc1)C(=O)N[C@H](C(=O)N[C@@H](Cc1ccccc1)C(=O)N[C@@H](CC(=O)O)C(=O)N[C@@H](CCC(N)=O)C(=O)N[C@@H](CCCCN)C(=O)N[C@@H](CCC(=O)O)C(=O)N[C@@H](CCC(=O)O)C(=O)N[C@@H](CC(=O)O)C(=O)N[C@@H](CC(=O)O)C(=O)O)C(C)C. The topological polar surface area (TPSA) is 717 Å². The van der Waals surface area contributed by atoms with Gasteiger partial charge in [-0.3, -0.25) is 91.1 Å². The van der Waals surface area contributed by atoms with Gasteiger partial charge in [0.25, 0.3) is 0 Å². The third kappa shape index (κ3) is 38.6. The second-order valence-electron chi connectivity index (χ2n) is 31.8. The third-order valence-corrected chi connectivity index (χ3v) is 20.9. The van der Waals surface area contributed by atoms with Gasteiger partial charge in [-0.15, -0.1) is 0 Å². The number of amides is 14. The van der Waals surface area contributed by atoms with E-state index in [2.05, 4.69) is 58.5 Å². The zero-order valence-corrected chi connectivity index (χ0v) is 73.1. The number of phenols is 1. The van der Waals surface area contributed by atoms with Gasteiger partial charge in [0.15, 0.2) is 0 Å². The molecular formula is C89H116N16O27. The summed E-state index contributed by atoms with van der Waals surface area (Å²) in [5, 5.41) is 99.2. The Labute approximate surface area is 758 Å². The number of aliphatic carboxylic acids is 6. The highest BCUT2D eigenvalue weighted by molar-refractivity contribution is 6.02. The van der Waals surface area contributed by atoms with Crippen LogP contribution in [0.5, 0.6) is 5.75 Å². The quantitative estimate of drug-likeness (QED) is 0.0185. The fraction of sp³-hybridized carbons (Fsp3) is 0.438. The number of carboxylic acid groups (broad SMARTS) is 6. The van der Waals surface area contributed by atoms with E-state index in [-0.39, 0.29) is 57.2 Å². The molecule has 0 aliphatic carbocycles. The van der Waals surface area contributed by atoms with E-state index in [9.17, 15) is 112 Å². The molecule has 0 fully saturated rings. The van der Waals surface area contributed by atoms with Crippen LogP contribution in [0.15, 0.2) is 146 Å². The van der Waals surface area contributed by atoms with E-state index in [1.54, 1.807) is 153 Å². The van der Waals surface area contributed by atoms with Gasteiger partial charge in [0.2, 0.25) is 82.7 Å². The van der Waals surface area contributed by atoms with Crippen LogP contribution in [-0.2, 0) is 128 Å². The van der Waals surface area contributed by atoms with E-state index >= 15 is 14.4 Å². The predicted molar refractivity (Wildman–Crippen MR) is 469 cm³/mol. The van der Waals surface area contributed by atoms with E-state index in [4.69, 9.17) is 22.3 Å². The predicted octanol–water partition coefficient (Wildman–Crippen LogP) is -2.13. The highest BCUT2D eigenvalue weighted by Crippen LogP contribution is 2.19. The molecule has 43 heteroatoms. The van der Waals surface area contributed by atoms with Crippen LogP contribution in [0.1, 0.15) is 139 Å². The molecule has 0 spiro atoms. The van der Waals surface area contributed by atoms with Crippen molar-refractivity contribution >= 4 is 119 Å². The summed E-state index contributed by atoms with van der Waals surface area (Å²) in [4.78, 5) is 272. The number of aromatic hydroxyl groups is 1. The molecule has 0 radical (unpaired) electrons. The Bertz CT molecular complexity index is 4810. The van der Waals surface area contributed by atoms with Gasteiger partial charge < -0.3 is 122 Å². The molecule has 714 valence electrons. The molecule has 0 aliphatic heterocycles. The molecule has 0 bridgehead atoms. The van der Waals surface area contributed by atoms with Crippen molar-refractivity contribution in [3.63, 3.8) is 0 Å². The molecule has 132 heavy (non-hydrogen) atoms. The first-order chi connectivity index (χ1) is 62.5. The molecule has 5 aromatic carbocycles. The molecule has 14 amide bonds. The number of carbonyl (C=O) groups is 20. The molecule has 0 aliphatic rings. The largest absolute Gasteiger partial charge is 0.508 e. The lowest BCUT2D eigenvalue weighted by Gasteiger charge is -2.30. The number of primary amides is 1. The molecule has 5 aromatic rings. The first kappa shape index (κ1) is 108. The Morgan fingerprint density at radius 1 is 0.295 bits per heavy atom. The average molecular weight is 1840 g/mol. The number of phenolic OH excluding ortho intramolecular Hbond substituents is 1. The number of rotatable bonds is 59. The first-order valence-electron chi connectivity index (χ1n) is 42.5. The second kappa shape index (κ2) is 55.2. The Morgan fingerprint density at radius 3 is 0.902 bits per heavy atom. The van der Waals surface area contributed by atoms with Crippen molar-refractivity contribution in [3.05, 3.63) is 173 Å². The molecular weight excluding hydrogens is 1730 g/mol. The fourth-order valence-electron chi connectivity index (χ4n) is 13.5. The minimum atomic E-state index is -2.23. The molecule has 0 unspecified atom stereocenters. The van der Waals surface area contributed by atoms with Crippen molar-refractivity contribution in [2.45, 2.75) is 228 Å². The van der Waals surface area contributed by atoms with Gasteiger partial charge in [-0.25, -0.2) is 4.79 Å². The summed E-state index contributed by atoms with van der Waals surface area (Å²) in [7, 11) is 0. The van der Waals surface area contributed by atoms with Crippen LogP contribution in [-0.4, -0.2) is 245 Å². The molecule has 43 nitrogen and oxygen atoms in total. The zero-order valence-electron chi connectivity index (χ0n) is 73.1. The fourth-order valence-corrected chi connectivity index (χ4v) is 13.5. The highest BCUT2D eigenvalue weighted by atomic mass is 16.4. The lowest BCUT2D eigenvalue weighted by molar-refractivity contribution is -0.148. The van der Waals surface area contributed by atoms with E-state index in [1.165, 1.54) is 26.0 Å². The Morgan fingerprint density at radius 2 is 0.568 bits per heavy atom. The van der Waals surface area contributed by atoms with Gasteiger partial charge >= 0.3 is 35.8 Å². The number of nitrogens with one attached hydrogen (secondary N) is 13. The van der Waals surface area contributed by atoms with E-state index in [0.29, 0.717) is 28.7 Å². The Hall–Kier alpha value is -14.8. The van der Waals surface area contributed by atoms with Gasteiger partial charge in [-0.1, -0.05) is 168 Å². The average Bonchev–Trinajstić information content (AvgIpc) is 0.600. The summed E-state index contributed by atoms with van der Waals surface area (Å²) in [6.07, 6.45) is -9.55. The Balaban J connectivity index is 1.44. The summed E-state index contributed by atoms with van der Waals surface area (Å²) in [6.45, 7) is 6.49. The van der Waals surface area contributed by atoms with Crippen LogP contribution in [0.4, 0.5) is 0 Å². The summed E-state index contributed by atoms with van der Waals surface area (Å²) in [5.74, 6) is -28.0. The molecule has 0 saturated carbocycles. The third-order valence-electron chi connectivity index (χ3n) is 20.9. The molecule has 15 atom stereocenters.